The van der Waals surface area contributed by atoms with Gasteiger partial charge in [0.25, 0.3) is 11.6 Å². The lowest BCUT2D eigenvalue weighted by molar-refractivity contribution is -0.384. The third-order valence-electron chi connectivity index (χ3n) is 3.65. The number of nitro groups is 1. The molecule has 0 radical (unpaired) electrons. The van der Waals surface area contributed by atoms with E-state index in [2.05, 4.69) is 15.5 Å². The molecule has 0 fully saturated rings. The molecular weight excluding hydrogens is 390 g/mol. The highest BCUT2D eigenvalue weighted by Crippen LogP contribution is 2.24. The molecule has 1 aromatic heterocycles. The summed E-state index contributed by atoms with van der Waals surface area (Å²) in [6.07, 6.45) is 1.32. The van der Waals surface area contributed by atoms with E-state index in [1.54, 1.807) is 6.07 Å². The molecule has 27 heavy (non-hydrogen) atoms. The van der Waals surface area contributed by atoms with Crippen molar-refractivity contribution in [2.45, 2.75) is 5.16 Å². The summed E-state index contributed by atoms with van der Waals surface area (Å²) in [7, 11) is 1.89. The molecule has 138 valence electrons. The highest BCUT2D eigenvalue weighted by atomic mass is 35.5. The van der Waals surface area contributed by atoms with Crippen LogP contribution in [0.4, 0.5) is 5.69 Å². The third-order valence-corrected chi connectivity index (χ3v) is 5.00. The van der Waals surface area contributed by atoms with Crippen molar-refractivity contribution in [3.63, 3.8) is 0 Å². The number of halogens is 1. The second kappa shape index (κ2) is 8.19. The quantitative estimate of drug-likeness (QED) is 0.294. The lowest BCUT2D eigenvalue weighted by Gasteiger charge is -2.01. The summed E-state index contributed by atoms with van der Waals surface area (Å²) in [5.41, 5.74) is 4.48. The van der Waals surface area contributed by atoms with Crippen LogP contribution in [0.3, 0.4) is 0 Å². The number of para-hydroxylation sites is 2. The average molecular weight is 404 g/mol. The summed E-state index contributed by atoms with van der Waals surface area (Å²) in [6, 6.07) is 12.0. The van der Waals surface area contributed by atoms with E-state index < -0.39 is 4.92 Å². The van der Waals surface area contributed by atoms with Crippen LogP contribution >= 0.6 is 23.4 Å². The van der Waals surface area contributed by atoms with Crippen molar-refractivity contribution in [2.24, 2.45) is 12.1 Å². The number of carbonyl (C=O) groups excluding carboxylic acids is 1. The second-order valence-electron chi connectivity index (χ2n) is 5.49. The van der Waals surface area contributed by atoms with Gasteiger partial charge in [-0.2, -0.15) is 5.10 Å². The first kappa shape index (κ1) is 18.9. The number of aryl methyl sites for hydroxylation is 1. The SMILES string of the molecule is Cn1c(SCC(=O)NN=Cc2ccc(Cl)c([N+](=O)[O-])c2)nc2ccccc21. The van der Waals surface area contributed by atoms with Crippen LogP contribution in [0, 0.1) is 10.1 Å². The number of thioether (sulfide) groups is 1. The Hall–Kier alpha value is -2.91. The number of hydrogen-bond donors (Lipinski definition) is 1. The van der Waals surface area contributed by atoms with Gasteiger partial charge >= 0.3 is 0 Å². The second-order valence-corrected chi connectivity index (χ2v) is 6.84. The zero-order valence-electron chi connectivity index (χ0n) is 14.1. The summed E-state index contributed by atoms with van der Waals surface area (Å²) in [4.78, 5) is 26.7. The van der Waals surface area contributed by atoms with Crippen molar-refractivity contribution in [1.82, 2.24) is 15.0 Å². The Balaban J connectivity index is 1.58. The number of nitrogens with one attached hydrogen (secondary N) is 1. The molecule has 0 bridgehead atoms. The lowest BCUT2D eigenvalue weighted by Crippen LogP contribution is -2.19. The number of fused-ring (bicyclic) bond motifs is 1. The largest absolute Gasteiger partial charge is 0.322 e. The van der Waals surface area contributed by atoms with E-state index in [9.17, 15) is 14.9 Å². The lowest BCUT2D eigenvalue weighted by atomic mass is 10.2. The number of hydrazone groups is 1. The maximum Gasteiger partial charge on any atom is 0.288 e. The van der Waals surface area contributed by atoms with Gasteiger partial charge in [0.05, 0.1) is 27.9 Å². The minimum Gasteiger partial charge on any atom is -0.322 e. The van der Waals surface area contributed by atoms with Gasteiger partial charge in [0, 0.05) is 18.7 Å². The van der Waals surface area contributed by atoms with Crippen LogP contribution < -0.4 is 5.43 Å². The molecule has 0 spiro atoms. The van der Waals surface area contributed by atoms with Crippen LogP contribution in [0.1, 0.15) is 5.56 Å². The molecule has 1 heterocycles. The smallest absolute Gasteiger partial charge is 0.288 e. The van der Waals surface area contributed by atoms with E-state index in [1.807, 2.05) is 35.9 Å². The molecule has 8 nitrogen and oxygen atoms in total. The summed E-state index contributed by atoms with van der Waals surface area (Å²) in [5.74, 6) is -0.179. The van der Waals surface area contributed by atoms with Gasteiger partial charge in [-0.05, 0) is 18.2 Å². The van der Waals surface area contributed by atoms with Gasteiger partial charge in [-0.25, -0.2) is 10.4 Å². The molecule has 0 aliphatic heterocycles. The standard InChI is InChI=1S/C17H14ClN5O3S/c1-22-14-5-3-2-4-13(14)20-17(22)27-10-16(24)21-19-9-11-6-7-12(18)15(8-11)23(25)26/h2-9H,10H2,1H3,(H,21,24). The summed E-state index contributed by atoms with van der Waals surface area (Å²) in [5, 5.41) is 15.4. The molecule has 1 amide bonds. The zero-order valence-corrected chi connectivity index (χ0v) is 15.7. The molecule has 0 atom stereocenters. The van der Waals surface area contributed by atoms with E-state index in [0.717, 1.165) is 16.2 Å². The maximum absolute atomic E-state index is 12.0. The summed E-state index contributed by atoms with van der Waals surface area (Å²) in [6.45, 7) is 0. The minimum atomic E-state index is -0.578. The normalized spacial score (nSPS) is 11.2. The Bertz CT molecular complexity index is 1050. The van der Waals surface area contributed by atoms with Crippen LogP contribution in [-0.4, -0.2) is 32.3 Å². The first-order valence-electron chi connectivity index (χ1n) is 7.76. The van der Waals surface area contributed by atoms with E-state index in [0.29, 0.717) is 5.56 Å². The zero-order chi connectivity index (χ0) is 19.4. The van der Waals surface area contributed by atoms with E-state index >= 15 is 0 Å². The number of rotatable bonds is 6. The minimum absolute atomic E-state index is 0.0417. The first-order chi connectivity index (χ1) is 13.0. The molecule has 0 saturated carbocycles. The molecule has 0 saturated heterocycles. The predicted octanol–water partition coefficient (Wildman–Crippen LogP) is 3.38. The fourth-order valence-electron chi connectivity index (χ4n) is 2.34. The number of benzene rings is 2. The van der Waals surface area contributed by atoms with Crippen molar-refractivity contribution in [3.05, 3.63) is 63.2 Å². The number of hydrogen-bond acceptors (Lipinski definition) is 6. The van der Waals surface area contributed by atoms with Crippen molar-refractivity contribution in [1.29, 1.82) is 0 Å². The molecule has 3 rings (SSSR count). The Morgan fingerprint density at radius 1 is 1.41 bits per heavy atom. The topological polar surface area (TPSA) is 102 Å². The highest BCUT2D eigenvalue weighted by Gasteiger charge is 2.12. The van der Waals surface area contributed by atoms with Crippen LogP contribution in [0.15, 0.2) is 52.7 Å². The van der Waals surface area contributed by atoms with Crippen LogP contribution in [0.2, 0.25) is 5.02 Å². The van der Waals surface area contributed by atoms with Gasteiger partial charge in [0.1, 0.15) is 5.02 Å². The fourth-order valence-corrected chi connectivity index (χ4v) is 3.31. The number of nitro benzene ring substituents is 1. The predicted molar refractivity (Wildman–Crippen MR) is 105 cm³/mol. The average Bonchev–Trinajstić information content (AvgIpc) is 2.97. The van der Waals surface area contributed by atoms with Crippen molar-refractivity contribution in [3.8, 4) is 0 Å². The van der Waals surface area contributed by atoms with E-state index in [1.165, 1.54) is 30.1 Å². The molecule has 0 aliphatic carbocycles. The third kappa shape index (κ3) is 4.44. The van der Waals surface area contributed by atoms with Gasteiger partial charge in [-0.1, -0.05) is 41.6 Å². The summed E-state index contributed by atoms with van der Waals surface area (Å²) >= 11 is 7.05. The van der Waals surface area contributed by atoms with Crippen LogP contribution in [0.5, 0.6) is 0 Å². The van der Waals surface area contributed by atoms with E-state index in [4.69, 9.17) is 11.6 Å². The number of amides is 1. The Morgan fingerprint density at radius 2 is 2.19 bits per heavy atom. The number of aromatic nitrogens is 2. The number of imidazole rings is 1. The van der Waals surface area contributed by atoms with Crippen LogP contribution in [0.25, 0.3) is 11.0 Å². The Labute approximate surface area is 163 Å². The molecule has 0 aliphatic rings. The molecule has 10 heteroatoms. The van der Waals surface area contributed by atoms with Crippen molar-refractivity contribution in [2.75, 3.05) is 5.75 Å². The molecule has 0 unspecified atom stereocenters. The van der Waals surface area contributed by atoms with Crippen LogP contribution in [-0.2, 0) is 11.8 Å². The monoisotopic (exact) mass is 403 g/mol. The van der Waals surface area contributed by atoms with Crippen molar-refractivity contribution < 1.29 is 9.72 Å². The molecular formula is C17H14ClN5O3S. The molecule has 2 aromatic carbocycles. The number of carbonyl (C=O) groups is 1. The van der Waals surface area contributed by atoms with Gasteiger partial charge in [0.2, 0.25) is 0 Å². The van der Waals surface area contributed by atoms with Gasteiger partial charge in [-0.15, -0.1) is 0 Å². The molecule has 1 N–H and O–H groups in total. The van der Waals surface area contributed by atoms with Gasteiger partial charge in [0.15, 0.2) is 5.16 Å². The summed E-state index contributed by atoms with van der Waals surface area (Å²) < 4.78 is 1.92. The van der Waals surface area contributed by atoms with Gasteiger partial charge < -0.3 is 4.57 Å². The first-order valence-corrected chi connectivity index (χ1v) is 9.12. The Morgan fingerprint density at radius 3 is 2.93 bits per heavy atom. The van der Waals surface area contributed by atoms with Crippen molar-refractivity contribution >= 4 is 52.2 Å². The molecule has 3 aromatic rings. The highest BCUT2D eigenvalue weighted by molar-refractivity contribution is 7.99. The number of nitrogens with zero attached hydrogens (tertiary/aromatic N) is 4. The van der Waals surface area contributed by atoms with Gasteiger partial charge in [-0.3, -0.25) is 14.9 Å². The maximum atomic E-state index is 12.0. The van der Waals surface area contributed by atoms with E-state index in [-0.39, 0.29) is 22.4 Å². The fraction of sp³-hybridized carbons (Fsp3) is 0.118. The Kier molecular flexibility index (Phi) is 5.72.